The molecule has 152 valence electrons. The molecule has 1 heterocycles. The quantitative estimate of drug-likeness (QED) is 0.772. The fourth-order valence-corrected chi connectivity index (χ4v) is 4.02. The van der Waals surface area contributed by atoms with Crippen LogP contribution in [-0.4, -0.2) is 29.1 Å². The van der Waals surface area contributed by atoms with Gasteiger partial charge in [0, 0.05) is 24.4 Å². The molecule has 0 fully saturated rings. The van der Waals surface area contributed by atoms with Crippen molar-refractivity contribution in [2.75, 3.05) is 7.11 Å². The summed E-state index contributed by atoms with van der Waals surface area (Å²) in [6, 6.07) is 12.9. The van der Waals surface area contributed by atoms with Gasteiger partial charge in [-0.25, -0.2) is 5.01 Å². The highest BCUT2D eigenvalue weighted by atomic mass is 35.5. The number of nitrogens with one attached hydrogen (secondary N) is 1. The van der Waals surface area contributed by atoms with E-state index in [0.717, 1.165) is 11.1 Å². The van der Waals surface area contributed by atoms with Crippen LogP contribution in [0.25, 0.3) is 0 Å². The molecule has 0 radical (unpaired) electrons. The Bertz CT molecular complexity index is 966. The average Bonchev–Trinajstić information content (AvgIpc) is 3.10. The maximum absolute atomic E-state index is 12.0. The highest BCUT2D eigenvalue weighted by Crippen LogP contribution is 2.41. The molecule has 7 nitrogen and oxygen atoms in total. The van der Waals surface area contributed by atoms with Crippen LogP contribution in [0.2, 0.25) is 5.02 Å². The van der Waals surface area contributed by atoms with Gasteiger partial charge >= 0.3 is 0 Å². The number of rotatable bonds is 5. The van der Waals surface area contributed by atoms with E-state index in [1.807, 2.05) is 24.3 Å². The minimum absolute atomic E-state index is 0.235. The maximum Gasteiger partial charge on any atom is 0.241 e. The van der Waals surface area contributed by atoms with Crippen LogP contribution in [-0.2, 0) is 16.2 Å². The zero-order chi connectivity index (χ0) is 21.0. The molecule has 2 aromatic rings. The standard InChI is InChI=1S/C20H20ClN3O4S/c1-12(25)22-20-23-24(13(2)26)19(29-20)14-8-9-17(18(10-14)27-3)28-11-15-6-4-5-7-16(15)21/h4-10,19H,11H2,1-3H3,(H,22,23,25). The van der Waals surface area contributed by atoms with Crippen LogP contribution in [0.5, 0.6) is 11.5 Å². The molecule has 0 aromatic heterocycles. The zero-order valence-electron chi connectivity index (χ0n) is 16.1. The molecular formula is C20H20ClN3O4S. The minimum Gasteiger partial charge on any atom is -0.493 e. The van der Waals surface area contributed by atoms with Gasteiger partial charge in [-0.2, -0.15) is 0 Å². The number of amides is 2. The highest BCUT2D eigenvalue weighted by Gasteiger charge is 2.32. The molecule has 29 heavy (non-hydrogen) atoms. The van der Waals surface area contributed by atoms with Crippen LogP contribution >= 0.6 is 23.4 Å². The summed E-state index contributed by atoms with van der Waals surface area (Å²) in [5, 5.41) is 8.73. The molecule has 0 bridgehead atoms. The van der Waals surface area contributed by atoms with Gasteiger partial charge in [-0.3, -0.25) is 9.59 Å². The number of hydrogen-bond acceptors (Lipinski definition) is 6. The third-order valence-electron chi connectivity index (χ3n) is 4.06. The minimum atomic E-state index is -0.416. The van der Waals surface area contributed by atoms with Crippen molar-refractivity contribution < 1.29 is 19.1 Å². The van der Waals surface area contributed by atoms with E-state index in [2.05, 4.69) is 10.4 Å². The topological polar surface area (TPSA) is 80.2 Å². The lowest BCUT2D eigenvalue weighted by Crippen LogP contribution is -2.25. The van der Waals surface area contributed by atoms with Gasteiger partial charge in [-0.15, -0.1) is 5.10 Å². The first-order valence-corrected chi connectivity index (χ1v) is 10.0. The van der Waals surface area contributed by atoms with Crippen molar-refractivity contribution in [2.24, 2.45) is 5.10 Å². The largest absolute Gasteiger partial charge is 0.493 e. The Hall–Kier alpha value is -2.71. The summed E-state index contributed by atoms with van der Waals surface area (Å²) >= 11 is 7.45. The Labute approximate surface area is 178 Å². The Morgan fingerprint density at radius 3 is 2.62 bits per heavy atom. The molecule has 0 spiro atoms. The summed E-state index contributed by atoms with van der Waals surface area (Å²) in [5.74, 6) is 0.588. The van der Waals surface area contributed by atoms with E-state index in [9.17, 15) is 9.59 Å². The van der Waals surface area contributed by atoms with Crippen molar-refractivity contribution in [1.82, 2.24) is 10.3 Å². The fraction of sp³-hybridized carbons (Fsp3) is 0.250. The van der Waals surface area contributed by atoms with E-state index in [0.29, 0.717) is 28.3 Å². The number of carbonyl (C=O) groups is 2. The predicted molar refractivity (Wildman–Crippen MR) is 113 cm³/mol. The van der Waals surface area contributed by atoms with Gasteiger partial charge in [0.05, 0.1) is 7.11 Å². The maximum atomic E-state index is 12.0. The normalized spacial score (nSPS) is 15.7. The van der Waals surface area contributed by atoms with Crippen LogP contribution < -0.4 is 14.8 Å². The molecule has 3 rings (SSSR count). The number of methoxy groups -OCH3 is 1. The van der Waals surface area contributed by atoms with E-state index in [1.54, 1.807) is 25.3 Å². The molecule has 2 amide bonds. The molecule has 1 atom stereocenters. The first-order chi connectivity index (χ1) is 13.9. The number of halogens is 1. The van der Waals surface area contributed by atoms with Crippen LogP contribution in [0, 0.1) is 0 Å². The number of carbonyl (C=O) groups excluding carboxylic acids is 2. The second kappa shape index (κ2) is 9.19. The second-order valence-electron chi connectivity index (χ2n) is 6.21. The van der Waals surface area contributed by atoms with Crippen molar-refractivity contribution in [3.63, 3.8) is 0 Å². The van der Waals surface area contributed by atoms with Crippen LogP contribution in [0.1, 0.15) is 30.3 Å². The summed E-state index contributed by atoms with van der Waals surface area (Å²) in [5.41, 5.74) is 1.65. The van der Waals surface area contributed by atoms with E-state index in [1.165, 1.54) is 30.6 Å². The number of amidine groups is 1. The lowest BCUT2D eigenvalue weighted by Gasteiger charge is -2.20. The van der Waals surface area contributed by atoms with E-state index in [4.69, 9.17) is 21.1 Å². The molecule has 0 aliphatic carbocycles. The van der Waals surface area contributed by atoms with Crippen molar-refractivity contribution in [2.45, 2.75) is 25.8 Å². The molecule has 9 heteroatoms. The predicted octanol–water partition coefficient (Wildman–Crippen LogP) is 3.93. The molecule has 1 aliphatic rings. The smallest absolute Gasteiger partial charge is 0.241 e. The van der Waals surface area contributed by atoms with Gasteiger partial charge < -0.3 is 14.8 Å². The van der Waals surface area contributed by atoms with E-state index < -0.39 is 5.37 Å². The lowest BCUT2D eigenvalue weighted by atomic mass is 10.2. The van der Waals surface area contributed by atoms with Gasteiger partial charge in [-0.1, -0.05) is 47.6 Å². The van der Waals surface area contributed by atoms with Gasteiger partial charge in [-0.05, 0) is 23.8 Å². The Morgan fingerprint density at radius 2 is 1.97 bits per heavy atom. The van der Waals surface area contributed by atoms with Crippen molar-refractivity contribution >= 4 is 40.3 Å². The molecular weight excluding hydrogens is 414 g/mol. The zero-order valence-corrected chi connectivity index (χ0v) is 17.7. The first kappa shape index (κ1) is 21.0. The molecule has 1 unspecified atom stereocenters. The lowest BCUT2D eigenvalue weighted by molar-refractivity contribution is -0.129. The van der Waals surface area contributed by atoms with Crippen LogP contribution in [0.4, 0.5) is 0 Å². The number of ether oxygens (including phenoxy) is 2. The number of benzene rings is 2. The summed E-state index contributed by atoms with van der Waals surface area (Å²) in [6.45, 7) is 3.11. The Balaban J connectivity index is 1.80. The van der Waals surface area contributed by atoms with Crippen molar-refractivity contribution in [3.05, 3.63) is 58.6 Å². The van der Waals surface area contributed by atoms with E-state index in [-0.39, 0.29) is 11.8 Å². The third kappa shape index (κ3) is 5.02. The monoisotopic (exact) mass is 433 g/mol. The number of nitrogens with zero attached hydrogens (tertiary/aromatic N) is 2. The summed E-state index contributed by atoms with van der Waals surface area (Å²) in [4.78, 5) is 23.3. The molecule has 1 aliphatic heterocycles. The Kier molecular flexibility index (Phi) is 6.66. The summed E-state index contributed by atoms with van der Waals surface area (Å²) < 4.78 is 11.4. The van der Waals surface area contributed by atoms with Crippen LogP contribution in [0.15, 0.2) is 47.6 Å². The van der Waals surface area contributed by atoms with Gasteiger partial charge in [0.1, 0.15) is 12.0 Å². The fourth-order valence-electron chi connectivity index (χ4n) is 2.71. The molecule has 2 aromatic carbocycles. The summed E-state index contributed by atoms with van der Waals surface area (Å²) in [6.07, 6.45) is 0. The van der Waals surface area contributed by atoms with Crippen molar-refractivity contribution in [3.8, 4) is 11.5 Å². The second-order valence-corrected chi connectivity index (χ2v) is 7.69. The SMILES string of the molecule is COc1cc(C2SC(NC(C)=O)=NN2C(C)=O)ccc1OCc1ccccc1Cl. The number of hydrazone groups is 1. The molecule has 0 saturated carbocycles. The number of hydrogen-bond donors (Lipinski definition) is 1. The van der Waals surface area contributed by atoms with Crippen LogP contribution in [0.3, 0.4) is 0 Å². The molecule has 1 N–H and O–H groups in total. The Morgan fingerprint density at radius 1 is 1.21 bits per heavy atom. The van der Waals surface area contributed by atoms with Gasteiger partial charge in [0.25, 0.3) is 0 Å². The van der Waals surface area contributed by atoms with E-state index >= 15 is 0 Å². The molecule has 0 saturated heterocycles. The number of thioether (sulfide) groups is 1. The average molecular weight is 434 g/mol. The first-order valence-electron chi connectivity index (χ1n) is 8.76. The van der Waals surface area contributed by atoms with Gasteiger partial charge in [0.15, 0.2) is 16.7 Å². The van der Waals surface area contributed by atoms with Gasteiger partial charge in [0.2, 0.25) is 11.8 Å². The van der Waals surface area contributed by atoms with Crippen molar-refractivity contribution in [1.29, 1.82) is 0 Å². The third-order valence-corrected chi connectivity index (χ3v) is 5.53. The highest BCUT2D eigenvalue weighted by molar-refractivity contribution is 8.14. The summed E-state index contributed by atoms with van der Waals surface area (Å²) in [7, 11) is 1.55.